The molecule has 3 fully saturated rings. The SMILES string of the molecule is CCOC(=O)[C@]1([C@@H](O[Si](C)(C)C(C)(C)C)C2CCCCC2)NC(=O)[C@H](CCCl)[C@@]12CO2. The summed E-state index contributed by atoms with van der Waals surface area (Å²) in [5.74, 6) is -0.566. The van der Waals surface area contributed by atoms with E-state index in [0.29, 0.717) is 18.9 Å². The van der Waals surface area contributed by atoms with Crippen LogP contribution in [0.1, 0.15) is 66.2 Å². The second kappa shape index (κ2) is 8.96. The number of rotatable bonds is 8. The maximum Gasteiger partial charge on any atom is 0.337 e. The number of hydrogen-bond donors (Lipinski definition) is 1. The molecule has 0 radical (unpaired) electrons. The fraction of sp³-hybridized carbons (Fsp3) is 0.913. The number of ether oxygens (including phenoxy) is 2. The highest BCUT2D eigenvalue weighted by Gasteiger charge is 2.80. The Hall–Kier alpha value is -0.633. The van der Waals surface area contributed by atoms with Gasteiger partial charge in [-0.15, -0.1) is 11.6 Å². The van der Waals surface area contributed by atoms with E-state index in [0.717, 1.165) is 25.7 Å². The molecule has 31 heavy (non-hydrogen) atoms. The maximum atomic E-state index is 13.7. The zero-order valence-corrected chi connectivity index (χ0v) is 21.8. The number of nitrogens with one attached hydrogen (secondary N) is 1. The summed E-state index contributed by atoms with van der Waals surface area (Å²) in [6.07, 6.45) is 5.35. The first-order valence-electron chi connectivity index (χ1n) is 11.8. The van der Waals surface area contributed by atoms with Crippen LogP contribution in [0.15, 0.2) is 0 Å². The third kappa shape index (κ3) is 4.20. The molecule has 2 aliphatic heterocycles. The number of alkyl halides is 1. The zero-order valence-electron chi connectivity index (χ0n) is 20.0. The van der Waals surface area contributed by atoms with Crippen molar-refractivity contribution in [2.45, 2.75) is 102 Å². The van der Waals surface area contributed by atoms with Crippen molar-refractivity contribution in [1.29, 1.82) is 0 Å². The molecule has 0 aromatic rings. The molecule has 2 heterocycles. The van der Waals surface area contributed by atoms with Gasteiger partial charge in [0.05, 0.1) is 25.2 Å². The van der Waals surface area contributed by atoms with Gasteiger partial charge in [-0.3, -0.25) is 4.79 Å². The highest BCUT2D eigenvalue weighted by Crippen LogP contribution is 2.56. The van der Waals surface area contributed by atoms with Gasteiger partial charge < -0.3 is 19.2 Å². The van der Waals surface area contributed by atoms with E-state index >= 15 is 0 Å². The van der Waals surface area contributed by atoms with Crippen LogP contribution in [0.2, 0.25) is 18.1 Å². The number of hydrogen-bond acceptors (Lipinski definition) is 5. The molecule has 2 saturated heterocycles. The molecular weight excluding hydrogens is 434 g/mol. The number of epoxide rings is 1. The van der Waals surface area contributed by atoms with Crippen molar-refractivity contribution < 1.29 is 23.5 Å². The van der Waals surface area contributed by atoms with Crippen LogP contribution in [-0.4, -0.2) is 56.5 Å². The molecule has 1 saturated carbocycles. The summed E-state index contributed by atoms with van der Waals surface area (Å²) in [5.41, 5.74) is -2.26. The Morgan fingerprint density at radius 2 is 1.90 bits per heavy atom. The van der Waals surface area contributed by atoms with Crippen LogP contribution < -0.4 is 5.32 Å². The molecule has 1 spiro atoms. The molecule has 1 amide bonds. The lowest BCUT2D eigenvalue weighted by Gasteiger charge is -2.49. The fourth-order valence-corrected chi connectivity index (χ4v) is 6.80. The summed E-state index contributed by atoms with van der Waals surface area (Å²) in [7, 11) is -2.27. The molecule has 1 aliphatic carbocycles. The summed E-state index contributed by atoms with van der Waals surface area (Å²) in [6.45, 7) is 13.4. The molecule has 1 N–H and O–H groups in total. The molecule has 0 unspecified atom stereocenters. The van der Waals surface area contributed by atoms with E-state index < -0.39 is 37.4 Å². The molecule has 6 nitrogen and oxygen atoms in total. The lowest BCUT2D eigenvalue weighted by Crippen LogP contribution is -2.70. The molecular formula is C23H40ClNO5Si. The van der Waals surface area contributed by atoms with Gasteiger partial charge in [0.25, 0.3) is 0 Å². The topological polar surface area (TPSA) is 77.2 Å². The van der Waals surface area contributed by atoms with Crippen molar-refractivity contribution in [3.05, 3.63) is 0 Å². The van der Waals surface area contributed by atoms with E-state index in [9.17, 15) is 9.59 Å². The summed E-state index contributed by atoms with van der Waals surface area (Å²) < 4.78 is 18.7. The zero-order chi connectivity index (χ0) is 23.1. The van der Waals surface area contributed by atoms with Gasteiger partial charge in [-0.25, -0.2) is 4.79 Å². The van der Waals surface area contributed by atoms with Gasteiger partial charge in [-0.05, 0) is 50.2 Å². The predicted molar refractivity (Wildman–Crippen MR) is 124 cm³/mol. The molecule has 4 atom stereocenters. The summed E-state index contributed by atoms with van der Waals surface area (Å²) >= 11 is 6.05. The Morgan fingerprint density at radius 3 is 2.39 bits per heavy atom. The average Bonchev–Trinajstić information content (AvgIpc) is 3.46. The van der Waals surface area contributed by atoms with Crippen LogP contribution >= 0.6 is 11.6 Å². The highest BCUT2D eigenvalue weighted by molar-refractivity contribution is 6.74. The van der Waals surface area contributed by atoms with Crippen LogP contribution in [0.3, 0.4) is 0 Å². The Labute approximate surface area is 193 Å². The number of amides is 1. The first kappa shape index (κ1) is 25.0. The Morgan fingerprint density at radius 1 is 1.29 bits per heavy atom. The largest absolute Gasteiger partial charge is 0.464 e. The summed E-state index contributed by atoms with van der Waals surface area (Å²) in [4.78, 5) is 26.9. The highest BCUT2D eigenvalue weighted by atomic mass is 35.5. The first-order chi connectivity index (χ1) is 14.5. The van der Waals surface area contributed by atoms with E-state index in [1.165, 1.54) is 6.42 Å². The van der Waals surface area contributed by atoms with Crippen LogP contribution in [0, 0.1) is 11.8 Å². The van der Waals surface area contributed by atoms with E-state index in [1.54, 1.807) is 6.92 Å². The molecule has 0 aromatic heterocycles. The van der Waals surface area contributed by atoms with Crippen LogP contribution in [0.5, 0.6) is 0 Å². The lowest BCUT2D eigenvalue weighted by molar-refractivity contribution is -0.162. The quantitative estimate of drug-likeness (QED) is 0.244. The van der Waals surface area contributed by atoms with Gasteiger partial charge in [0.1, 0.15) is 5.60 Å². The molecule has 178 valence electrons. The van der Waals surface area contributed by atoms with Crippen molar-refractivity contribution in [3.8, 4) is 0 Å². The maximum absolute atomic E-state index is 13.7. The summed E-state index contributed by atoms with van der Waals surface area (Å²) in [6, 6.07) is 0. The second-order valence-corrected chi connectivity index (χ2v) is 16.1. The van der Waals surface area contributed by atoms with Crippen molar-refractivity contribution in [1.82, 2.24) is 5.32 Å². The van der Waals surface area contributed by atoms with Crippen molar-refractivity contribution in [2.75, 3.05) is 19.1 Å². The number of esters is 1. The van der Waals surface area contributed by atoms with Crippen molar-refractivity contribution in [3.63, 3.8) is 0 Å². The average molecular weight is 474 g/mol. The lowest BCUT2D eigenvalue weighted by atomic mass is 9.69. The van der Waals surface area contributed by atoms with E-state index in [1.807, 2.05) is 0 Å². The Kier molecular flexibility index (Phi) is 7.22. The number of halogens is 1. The van der Waals surface area contributed by atoms with Gasteiger partial charge in [0, 0.05) is 5.88 Å². The second-order valence-electron chi connectivity index (χ2n) is 10.9. The van der Waals surface area contributed by atoms with E-state index in [-0.39, 0.29) is 23.5 Å². The van der Waals surface area contributed by atoms with Gasteiger partial charge >= 0.3 is 5.97 Å². The molecule has 0 bridgehead atoms. The van der Waals surface area contributed by atoms with Crippen LogP contribution in [-0.2, 0) is 23.5 Å². The Bertz CT molecular complexity index is 684. The number of carbonyl (C=O) groups is 2. The smallest absolute Gasteiger partial charge is 0.337 e. The predicted octanol–water partition coefficient (Wildman–Crippen LogP) is 4.40. The third-order valence-electron chi connectivity index (χ3n) is 8.05. The molecule has 3 rings (SSSR count). The first-order valence-corrected chi connectivity index (χ1v) is 15.3. The molecule has 8 heteroatoms. The van der Waals surface area contributed by atoms with Gasteiger partial charge in [0.15, 0.2) is 13.9 Å². The third-order valence-corrected chi connectivity index (χ3v) is 12.7. The minimum absolute atomic E-state index is 0.0362. The van der Waals surface area contributed by atoms with Gasteiger partial charge in [-0.2, -0.15) is 0 Å². The summed E-state index contributed by atoms with van der Waals surface area (Å²) in [5, 5.41) is 3.07. The van der Waals surface area contributed by atoms with E-state index in [2.05, 4.69) is 39.2 Å². The van der Waals surface area contributed by atoms with Crippen molar-refractivity contribution in [2.24, 2.45) is 11.8 Å². The van der Waals surface area contributed by atoms with Crippen LogP contribution in [0.4, 0.5) is 0 Å². The standard InChI is InChI=1S/C23H40ClNO5Si/c1-7-28-20(27)23(22(15-29-22)17(13-14-24)19(26)25-23)18(16-11-9-8-10-12-16)30-31(5,6)21(2,3)4/h16-18H,7-15H2,1-6H3,(H,25,26)/t17-,18-,22-,23-/m0/s1. The number of carbonyl (C=O) groups excluding carboxylic acids is 2. The minimum Gasteiger partial charge on any atom is -0.464 e. The normalized spacial score (nSPS) is 32.7. The monoisotopic (exact) mass is 473 g/mol. The van der Waals surface area contributed by atoms with Gasteiger partial charge in [0.2, 0.25) is 5.91 Å². The van der Waals surface area contributed by atoms with Gasteiger partial charge in [-0.1, -0.05) is 40.0 Å². The van der Waals surface area contributed by atoms with Crippen molar-refractivity contribution >= 4 is 31.8 Å². The Balaban J connectivity index is 2.13. The fourth-order valence-electron chi connectivity index (χ4n) is 5.22. The molecule has 3 aliphatic rings. The van der Waals surface area contributed by atoms with E-state index in [4.69, 9.17) is 25.5 Å². The van der Waals surface area contributed by atoms with Crippen LogP contribution in [0.25, 0.3) is 0 Å². The minimum atomic E-state index is -2.27. The molecule has 0 aromatic carbocycles.